The van der Waals surface area contributed by atoms with Crippen molar-refractivity contribution >= 4 is 5.96 Å². The van der Waals surface area contributed by atoms with E-state index in [0.29, 0.717) is 6.04 Å². The summed E-state index contributed by atoms with van der Waals surface area (Å²) >= 11 is 0. The van der Waals surface area contributed by atoms with Crippen LogP contribution in [-0.4, -0.2) is 111 Å². The van der Waals surface area contributed by atoms with Crippen LogP contribution in [0.5, 0.6) is 0 Å². The summed E-state index contributed by atoms with van der Waals surface area (Å²) < 4.78 is 0. The Morgan fingerprint density at radius 1 is 1.04 bits per heavy atom. The Morgan fingerprint density at radius 2 is 1.83 bits per heavy atom. The van der Waals surface area contributed by atoms with Crippen LogP contribution in [0.25, 0.3) is 0 Å². The van der Waals surface area contributed by atoms with Gasteiger partial charge in [0, 0.05) is 51.4 Å². The van der Waals surface area contributed by atoms with Gasteiger partial charge in [0.25, 0.3) is 0 Å². The molecule has 6 heteroatoms. The molecule has 3 fully saturated rings. The van der Waals surface area contributed by atoms with Crippen LogP contribution in [0.2, 0.25) is 0 Å². The molecule has 24 heavy (non-hydrogen) atoms. The Hall–Kier alpha value is -0.850. The van der Waals surface area contributed by atoms with Crippen LogP contribution >= 0.6 is 0 Å². The lowest BCUT2D eigenvalue weighted by atomic mass is 10.2. The molecule has 0 spiro atoms. The summed E-state index contributed by atoms with van der Waals surface area (Å²) in [5.74, 6) is 1.13. The van der Waals surface area contributed by atoms with Gasteiger partial charge in [0.05, 0.1) is 6.54 Å². The molecule has 0 bridgehead atoms. The molecule has 0 aromatic carbocycles. The van der Waals surface area contributed by atoms with Crippen molar-refractivity contribution in [3.8, 4) is 0 Å². The lowest BCUT2D eigenvalue weighted by Crippen LogP contribution is -2.52. The van der Waals surface area contributed by atoms with Crippen molar-refractivity contribution in [3.63, 3.8) is 0 Å². The first-order valence-electron chi connectivity index (χ1n) is 9.83. The van der Waals surface area contributed by atoms with Crippen molar-refractivity contribution in [2.45, 2.75) is 38.3 Å². The Balaban J connectivity index is 1.57. The minimum Gasteiger partial charge on any atom is -0.357 e. The van der Waals surface area contributed by atoms with Crippen LogP contribution in [0.4, 0.5) is 0 Å². The quantitative estimate of drug-likeness (QED) is 0.593. The summed E-state index contributed by atoms with van der Waals surface area (Å²) in [4.78, 5) is 15.1. The fraction of sp³-hybridized carbons (Fsp3) is 0.944. The van der Waals surface area contributed by atoms with Gasteiger partial charge in [-0.15, -0.1) is 0 Å². The number of likely N-dealkylation sites (N-methyl/N-ethyl adjacent to an activating group) is 2. The predicted molar refractivity (Wildman–Crippen MR) is 101 cm³/mol. The molecular weight excluding hydrogens is 300 g/mol. The predicted octanol–water partition coefficient (Wildman–Crippen LogP) is 0.368. The molecule has 2 atom stereocenters. The summed E-state index contributed by atoms with van der Waals surface area (Å²) in [6.07, 6.45) is 4.05. The van der Waals surface area contributed by atoms with Crippen molar-refractivity contribution in [3.05, 3.63) is 0 Å². The highest BCUT2D eigenvalue weighted by Crippen LogP contribution is 2.20. The number of nitrogens with zero attached hydrogens (tertiary/aromatic N) is 5. The first-order valence-corrected chi connectivity index (χ1v) is 9.83. The zero-order valence-electron chi connectivity index (χ0n) is 15.9. The third-order valence-corrected chi connectivity index (χ3v) is 5.89. The number of aliphatic imine (C=N–C) groups is 1. The van der Waals surface area contributed by atoms with E-state index < -0.39 is 0 Å². The molecule has 0 amide bonds. The Labute approximate surface area is 147 Å². The van der Waals surface area contributed by atoms with Gasteiger partial charge in [-0.25, -0.2) is 0 Å². The highest BCUT2D eigenvalue weighted by Gasteiger charge is 2.31. The maximum absolute atomic E-state index is 5.01. The minimum atomic E-state index is 0.536. The fourth-order valence-electron chi connectivity index (χ4n) is 4.26. The van der Waals surface area contributed by atoms with E-state index in [1.165, 1.54) is 38.9 Å². The third-order valence-electron chi connectivity index (χ3n) is 5.89. The summed E-state index contributed by atoms with van der Waals surface area (Å²) in [6.45, 7) is 12.3. The molecule has 0 aromatic rings. The molecule has 0 radical (unpaired) electrons. The van der Waals surface area contributed by atoms with Crippen LogP contribution in [0.15, 0.2) is 4.99 Å². The zero-order chi connectivity index (χ0) is 16.9. The van der Waals surface area contributed by atoms with Crippen LogP contribution < -0.4 is 5.32 Å². The van der Waals surface area contributed by atoms with Crippen LogP contribution in [0.3, 0.4) is 0 Å². The Bertz CT molecular complexity index is 420. The third kappa shape index (κ3) is 4.41. The van der Waals surface area contributed by atoms with E-state index in [1.54, 1.807) is 0 Å². The number of hydrogen-bond donors (Lipinski definition) is 1. The van der Waals surface area contributed by atoms with Crippen molar-refractivity contribution in [1.29, 1.82) is 0 Å². The molecule has 138 valence electrons. The second-order valence-corrected chi connectivity index (χ2v) is 7.72. The van der Waals surface area contributed by atoms with Gasteiger partial charge in [-0.05, 0) is 53.4 Å². The Morgan fingerprint density at radius 3 is 2.58 bits per heavy atom. The summed E-state index contributed by atoms with van der Waals surface area (Å²) in [5, 5.41) is 3.53. The first kappa shape index (κ1) is 18.0. The van der Waals surface area contributed by atoms with Crippen LogP contribution in [0, 0.1) is 0 Å². The van der Waals surface area contributed by atoms with Gasteiger partial charge in [0.15, 0.2) is 5.96 Å². The highest BCUT2D eigenvalue weighted by molar-refractivity contribution is 5.80. The molecule has 3 heterocycles. The number of hydrogen-bond acceptors (Lipinski definition) is 4. The average Bonchev–Trinajstić information content (AvgIpc) is 3.25. The van der Waals surface area contributed by atoms with E-state index in [9.17, 15) is 0 Å². The lowest BCUT2D eigenvalue weighted by Gasteiger charge is -2.37. The summed E-state index contributed by atoms with van der Waals surface area (Å²) in [6, 6.07) is 1.27. The number of likely N-dealkylation sites (tertiary alicyclic amines) is 2. The molecular formula is C18H36N6. The van der Waals surface area contributed by atoms with E-state index in [1.807, 2.05) is 0 Å². The fourth-order valence-corrected chi connectivity index (χ4v) is 4.26. The van der Waals surface area contributed by atoms with E-state index in [0.717, 1.165) is 51.3 Å². The molecule has 3 aliphatic heterocycles. The smallest absolute Gasteiger partial charge is 0.194 e. The largest absolute Gasteiger partial charge is 0.357 e. The second kappa shape index (κ2) is 8.50. The lowest BCUT2D eigenvalue weighted by molar-refractivity contribution is 0.119. The molecule has 1 N–H and O–H groups in total. The van der Waals surface area contributed by atoms with Crippen LogP contribution in [0.1, 0.15) is 26.2 Å². The van der Waals surface area contributed by atoms with Gasteiger partial charge in [0.2, 0.25) is 0 Å². The topological polar surface area (TPSA) is 37.4 Å². The molecule has 6 nitrogen and oxygen atoms in total. The maximum atomic E-state index is 5.01. The molecule has 3 rings (SSSR count). The number of nitrogens with one attached hydrogen (secondary N) is 1. The second-order valence-electron chi connectivity index (χ2n) is 7.72. The SMILES string of the molecule is CCNC(=NCC1CN(C)CCN1C)N1CCC(N2CCCC2)C1. The molecule has 3 saturated heterocycles. The van der Waals surface area contributed by atoms with Gasteiger partial charge in [-0.3, -0.25) is 14.8 Å². The van der Waals surface area contributed by atoms with Crippen molar-refractivity contribution < 1.29 is 0 Å². The molecule has 0 aromatic heterocycles. The first-order chi connectivity index (χ1) is 11.7. The van der Waals surface area contributed by atoms with Gasteiger partial charge in [-0.2, -0.15) is 0 Å². The van der Waals surface area contributed by atoms with Crippen molar-refractivity contribution in [2.24, 2.45) is 4.99 Å². The highest BCUT2D eigenvalue weighted by atomic mass is 15.4. The number of guanidine groups is 1. The Kier molecular flexibility index (Phi) is 6.36. The van der Waals surface area contributed by atoms with Gasteiger partial charge in [-0.1, -0.05) is 0 Å². The number of piperazine rings is 1. The zero-order valence-corrected chi connectivity index (χ0v) is 15.9. The van der Waals surface area contributed by atoms with E-state index >= 15 is 0 Å². The maximum Gasteiger partial charge on any atom is 0.194 e. The van der Waals surface area contributed by atoms with E-state index in [-0.39, 0.29) is 0 Å². The van der Waals surface area contributed by atoms with E-state index in [2.05, 4.69) is 45.9 Å². The van der Waals surface area contributed by atoms with Gasteiger partial charge in [0.1, 0.15) is 0 Å². The van der Waals surface area contributed by atoms with E-state index in [4.69, 9.17) is 4.99 Å². The molecule has 0 aliphatic carbocycles. The molecule has 2 unspecified atom stereocenters. The average molecular weight is 337 g/mol. The van der Waals surface area contributed by atoms with Crippen LogP contribution in [-0.2, 0) is 0 Å². The van der Waals surface area contributed by atoms with Crippen molar-refractivity contribution in [1.82, 2.24) is 24.9 Å². The monoisotopic (exact) mass is 336 g/mol. The molecule has 3 aliphatic rings. The summed E-state index contributed by atoms with van der Waals surface area (Å²) in [7, 11) is 4.45. The normalized spacial score (nSPS) is 31.1. The van der Waals surface area contributed by atoms with Gasteiger partial charge < -0.3 is 15.1 Å². The molecule has 0 saturated carbocycles. The summed E-state index contributed by atoms with van der Waals surface area (Å²) in [5.41, 5.74) is 0. The number of rotatable bonds is 4. The standard InChI is InChI=1S/C18H36N6/c1-4-19-18(20-13-17-14-21(2)11-12-22(17)3)24-10-7-16(15-24)23-8-5-6-9-23/h16-17H,4-15H2,1-3H3,(H,19,20). The van der Waals surface area contributed by atoms with Crippen molar-refractivity contribution in [2.75, 3.05) is 73.0 Å². The minimum absolute atomic E-state index is 0.536. The van der Waals surface area contributed by atoms with Gasteiger partial charge >= 0.3 is 0 Å².